The summed E-state index contributed by atoms with van der Waals surface area (Å²) in [7, 11) is 0. The molecule has 8 heteroatoms. The Kier molecular flexibility index (Phi) is 7.09. The Balaban J connectivity index is 1.58. The molecule has 8 nitrogen and oxygen atoms in total. The van der Waals surface area contributed by atoms with E-state index in [0.29, 0.717) is 24.2 Å². The van der Waals surface area contributed by atoms with Gasteiger partial charge in [-0.05, 0) is 49.9 Å². The number of fused-ring (bicyclic) bond motifs is 1. The van der Waals surface area contributed by atoms with Gasteiger partial charge in [0.15, 0.2) is 5.96 Å². The third kappa shape index (κ3) is 4.69. The number of aliphatic hydroxyl groups is 1. The molecule has 36 heavy (non-hydrogen) atoms. The van der Waals surface area contributed by atoms with Crippen LogP contribution >= 0.6 is 0 Å². The second-order valence-electron chi connectivity index (χ2n) is 10.0. The Morgan fingerprint density at radius 3 is 2.61 bits per heavy atom. The van der Waals surface area contributed by atoms with Gasteiger partial charge < -0.3 is 20.5 Å². The lowest BCUT2D eigenvalue weighted by atomic mass is 9.86. The van der Waals surface area contributed by atoms with Crippen LogP contribution < -0.4 is 15.4 Å². The van der Waals surface area contributed by atoms with Gasteiger partial charge in [-0.1, -0.05) is 51.1 Å². The van der Waals surface area contributed by atoms with Crippen molar-refractivity contribution in [3.05, 3.63) is 65.2 Å². The van der Waals surface area contributed by atoms with Crippen LogP contribution in [0, 0.1) is 5.41 Å². The van der Waals surface area contributed by atoms with Crippen LogP contribution in [-0.2, 0) is 4.79 Å². The summed E-state index contributed by atoms with van der Waals surface area (Å²) in [4.78, 5) is 28.1. The highest BCUT2D eigenvalue weighted by Crippen LogP contribution is 2.38. The zero-order valence-electron chi connectivity index (χ0n) is 21.4. The number of ether oxygens (including phenoxy) is 1. The lowest BCUT2D eigenvalue weighted by Crippen LogP contribution is -2.62. The maximum Gasteiger partial charge on any atom is 0.251 e. The number of hydrogen-bond acceptors (Lipinski definition) is 5. The number of nitrogens with one attached hydrogen (secondary N) is 3. The van der Waals surface area contributed by atoms with Crippen molar-refractivity contribution in [3.63, 3.8) is 0 Å². The van der Waals surface area contributed by atoms with Crippen molar-refractivity contribution in [2.24, 2.45) is 0 Å². The Bertz CT molecular complexity index is 1140. The normalized spacial score (nSPS) is 23.8. The molecule has 0 saturated carbocycles. The fraction of sp³-hybridized carbons (Fsp3) is 0.464. The smallest absolute Gasteiger partial charge is 0.251 e. The summed E-state index contributed by atoms with van der Waals surface area (Å²) in [5, 5.41) is 25.8. The minimum atomic E-state index is -1.28. The van der Waals surface area contributed by atoms with Gasteiger partial charge in [-0.3, -0.25) is 19.9 Å². The van der Waals surface area contributed by atoms with Gasteiger partial charge >= 0.3 is 0 Å². The fourth-order valence-electron chi connectivity index (χ4n) is 5.26. The van der Waals surface area contributed by atoms with Crippen LogP contribution in [0.15, 0.2) is 48.5 Å². The standard InChI is InChI=1S/C28H36N4O4/c1-5-21(32-23(33)16-28(6-2,7-3)31-26(32)29)18-11-10-12-19(15-18)25(34)30-24-20-13-8-9-14-22(20)36-17-27(24,4)35/h8-15,21,24,35H,5-7,16-17H2,1-4H3,(H2,29,31)(H,30,34)/t21?,24-,27+/m1/s1. The number of benzene rings is 2. The van der Waals surface area contributed by atoms with Crippen molar-refractivity contribution in [1.29, 1.82) is 5.41 Å². The number of guanidine groups is 1. The van der Waals surface area contributed by atoms with E-state index >= 15 is 0 Å². The Hall–Kier alpha value is -3.39. The van der Waals surface area contributed by atoms with Crippen molar-refractivity contribution in [2.45, 2.75) is 76.6 Å². The van der Waals surface area contributed by atoms with Gasteiger partial charge in [-0.25, -0.2) is 0 Å². The number of para-hydroxylation sites is 1. The van der Waals surface area contributed by atoms with E-state index in [1.807, 2.05) is 51.1 Å². The van der Waals surface area contributed by atoms with Crippen LogP contribution in [0.1, 0.15) is 86.9 Å². The predicted octanol–water partition coefficient (Wildman–Crippen LogP) is 4.07. The average Bonchev–Trinajstić information content (AvgIpc) is 2.87. The van der Waals surface area contributed by atoms with E-state index in [4.69, 9.17) is 10.1 Å². The molecule has 1 fully saturated rings. The van der Waals surface area contributed by atoms with E-state index in [9.17, 15) is 14.7 Å². The van der Waals surface area contributed by atoms with E-state index in [1.54, 1.807) is 25.1 Å². The molecule has 2 amide bonds. The number of amides is 2. The molecule has 1 unspecified atom stereocenters. The summed E-state index contributed by atoms with van der Waals surface area (Å²) in [5.74, 6) is 0.326. The molecule has 4 rings (SSSR count). The van der Waals surface area contributed by atoms with Crippen LogP contribution in [0.3, 0.4) is 0 Å². The SMILES string of the molecule is CCC(c1cccc(C(=O)N[C@@H]2c3ccccc3OC[C@]2(C)O)c1)N1C(=N)NC(CC)(CC)CC1=O. The number of carbonyl (C=O) groups is 2. The maximum atomic E-state index is 13.3. The molecular weight excluding hydrogens is 456 g/mol. The van der Waals surface area contributed by atoms with Crippen LogP contribution in [-0.4, -0.2) is 45.5 Å². The number of nitrogens with zero attached hydrogens (tertiary/aromatic N) is 1. The van der Waals surface area contributed by atoms with Gasteiger partial charge in [-0.2, -0.15) is 0 Å². The molecule has 2 aromatic rings. The molecule has 0 spiro atoms. The zero-order chi connectivity index (χ0) is 26.1. The Labute approximate surface area is 212 Å². The molecule has 192 valence electrons. The predicted molar refractivity (Wildman–Crippen MR) is 138 cm³/mol. The van der Waals surface area contributed by atoms with Gasteiger partial charge in [0, 0.05) is 16.7 Å². The first-order valence-electron chi connectivity index (χ1n) is 12.7. The van der Waals surface area contributed by atoms with E-state index < -0.39 is 11.6 Å². The van der Waals surface area contributed by atoms with Crippen LogP contribution in [0.25, 0.3) is 0 Å². The van der Waals surface area contributed by atoms with Crippen molar-refractivity contribution < 1.29 is 19.4 Å². The van der Waals surface area contributed by atoms with Crippen molar-refractivity contribution in [3.8, 4) is 5.75 Å². The monoisotopic (exact) mass is 492 g/mol. The largest absolute Gasteiger partial charge is 0.490 e. The van der Waals surface area contributed by atoms with Crippen LogP contribution in [0.5, 0.6) is 5.75 Å². The third-order valence-electron chi connectivity index (χ3n) is 7.62. The zero-order valence-corrected chi connectivity index (χ0v) is 21.4. The van der Waals surface area contributed by atoms with E-state index in [2.05, 4.69) is 10.6 Å². The molecule has 3 atom stereocenters. The maximum absolute atomic E-state index is 13.3. The summed E-state index contributed by atoms with van der Waals surface area (Å²) >= 11 is 0. The molecule has 2 aliphatic heterocycles. The molecule has 0 aliphatic carbocycles. The van der Waals surface area contributed by atoms with Gasteiger partial charge in [0.2, 0.25) is 5.91 Å². The number of rotatable bonds is 7. The van der Waals surface area contributed by atoms with Gasteiger partial charge in [0.1, 0.15) is 18.0 Å². The minimum Gasteiger partial charge on any atom is -0.490 e. The molecule has 0 radical (unpaired) electrons. The second-order valence-corrected chi connectivity index (χ2v) is 10.0. The molecule has 2 aliphatic rings. The van der Waals surface area contributed by atoms with Gasteiger partial charge in [0.25, 0.3) is 5.91 Å². The second kappa shape index (κ2) is 9.93. The minimum absolute atomic E-state index is 0.0656. The Morgan fingerprint density at radius 1 is 1.22 bits per heavy atom. The highest BCUT2D eigenvalue weighted by molar-refractivity contribution is 6.00. The summed E-state index contributed by atoms with van der Waals surface area (Å²) in [6, 6.07) is 13.5. The van der Waals surface area contributed by atoms with Gasteiger partial charge in [-0.15, -0.1) is 0 Å². The number of carbonyl (C=O) groups excluding carboxylic acids is 2. The molecule has 2 aromatic carbocycles. The quantitative estimate of drug-likeness (QED) is 0.465. The molecule has 4 N–H and O–H groups in total. The highest BCUT2D eigenvalue weighted by Gasteiger charge is 2.42. The fourth-order valence-corrected chi connectivity index (χ4v) is 5.26. The first-order chi connectivity index (χ1) is 17.1. The molecule has 0 aromatic heterocycles. The highest BCUT2D eigenvalue weighted by atomic mass is 16.5. The summed E-state index contributed by atoms with van der Waals surface area (Å²) < 4.78 is 5.67. The van der Waals surface area contributed by atoms with E-state index in [1.165, 1.54) is 4.90 Å². The van der Waals surface area contributed by atoms with Gasteiger partial charge in [0.05, 0.1) is 18.5 Å². The lowest BCUT2D eigenvalue weighted by molar-refractivity contribution is -0.132. The summed E-state index contributed by atoms with van der Waals surface area (Å²) in [5.41, 5.74) is 0.260. The molecule has 0 bridgehead atoms. The molecule has 1 saturated heterocycles. The summed E-state index contributed by atoms with van der Waals surface area (Å²) in [6.07, 6.45) is 2.44. The molecular formula is C28H36N4O4. The number of hydrogen-bond donors (Lipinski definition) is 4. The Morgan fingerprint density at radius 2 is 1.94 bits per heavy atom. The van der Waals surface area contributed by atoms with E-state index in [-0.39, 0.29) is 36.0 Å². The average molecular weight is 493 g/mol. The first kappa shape index (κ1) is 25.7. The van der Waals surface area contributed by atoms with Crippen LogP contribution in [0.4, 0.5) is 0 Å². The van der Waals surface area contributed by atoms with Crippen molar-refractivity contribution >= 4 is 17.8 Å². The van der Waals surface area contributed by atoms with Crippen LogP contribution in [0.2, 0.25) is 0 Å². The topological polar surface area (TPSA) is 115 Å². The summed E-state index contributed by atoms with van der Waals surface area (Å²) in [6.45, 7) is 7.73. The van der Waals surface area contributed by atoms with Crippen molar-refractivity contribution in [2.75, 3.05) is 6.61 Å². The first-order valence-corrected chi connectivity index (χ1v) is 12.7. The third-order valence-corrected chi connectivity index (χ3v) is 7.62. The van der Waals surface area contributed by atoms with E-state index in [0.717, 1.165) is 24.0 Å². The van der Waals surface area contributed by atoms with Crippen molar-refractivity contribution in [1.82, 2.24) is 15.5 Å². The lowest BCUT2D eigenvalue weighted by Gasteiger charge is -2.44. The molecule has 2 heterocycles.